The molecule has 0 aliphatic heterocycles. The molecule has 0 bridgehead atoms. The van der Waals surface area contributed by atoms with E-state index in [4.69, 9.17) is 4.74 Å². The molecule has 0 radical (unpaired) electrons. The molecule has 75 heavy (non-hydrogen) atoms. The van der Waals surface area contributed by atoms with Crippen molar-refractivity contribution in [2.45, 2.75) is 392 Å². The molecule has 0 heterocycles. The van der Waals surface area contributed by atoms with Gasteiger partial charge in [0.25, 0.3) is 0 Å². The van der Waals surface area contributed by atoms with Gasteiger partial charge in [0.1, 0.15) is 0 Å². The normalized spacial score (nSPS) is 12.6. The van der Waals surface area contributed by atoms with E-state index in [1.807, 2.05) is 6.08 Å². The molecule has 3 N–H and O–H groups in total. The molecule has 2 atom stereocenters. The summed E-state index contributed by atoms with van der Waals surface area (Å²) in [5.74, 6) is -0.0522. The molecule has 0 aromatic carbocycles. The van der Waals surface area contributed by atoms with Gasteiger partial charge in [0.15, 0.2) is 0 Å². The Morgan fingerprint density at radius 1 is 0.360 bits per heavy atom. The lowest BCUT2D eigenvalue weighted by molar-refractivity contribution is -0.143. The van der Waals surface area contributed by atoms with Gasteiger partial charge in [0.05, 0.1) is 25.4 Å². The van der Waals surface area contributed by atoms with Crippen LogP contribution in [-0.2, 0) is 14.3 Å². The molecule has 444 valence electrons. The Bertz CT molecular complexity index is 1170. The molecule has 0 aromatic rings. The van der Waals surface area contributed by atoms with E-state index >= 15 is 0 Å². The third kappa shape index (κ3) is 61.4. The Hall–Kier alpha value is -1.66. The molecule has 0 saturated carbocycles. The number of carbonyl (C=O) groups is 2. The van der Waals surface area contributed by atoms with E-state index in [2.05, 4.69) is 31.3 Å². The monoisotopic (exact) mass is 1060 g/mol. The zero-order chi connectivity index (χ0) is 54.3. The van der Waals surface area contributed by atoms with Crippen LogP contribution in [0.15, 0.2) is 24.3 Å². The summed E-state index contributed by atoms with van der Waals surface area (Å²) in [5, 5.41) is 23.2. The lowest BCUT2D eigenvalue weighted by atomic mass is 10.0. The number of esters is 1. The number of amides is 1. The van der Waals surface area contributed by atoms with E-state index in [1.165, 1.54) is 308 Å². The summed E-state index contributed by atoms with van der Waals surface area (Å²) in [6.45, 7) is 4.93. The molecule has 0 spiro atoms. The van der Waals surface area contributed by atoms with Gasteiger partial charge in [-0.1, -0.05) is 334 Å². The van der Waals surface area contributed by atoms with Crippen molar-refractivity contribution in [3.63, 3.8) is 0 Å². The van der Waals surface area contributed by atoms with Gasteiger partial charge in [-0.3, -0.25) is 9.59 Å². The van der Waals surface area contributed by atoms with Crippen molar-refractivity contribution >= 4 is 11.9 Å². The van der Waals surface area contributed by atoms with Gasteiger partial charge in [-0.05, 0) is 57.8 Å². The Labute approximate surface area is 469 Å². The van der Waals surface area contributed by atoms with Crippen LogP contribution in [0, 0.1) is 0 Å². The fourth-order valence-corrected chi connectivity index (χ4v) is 10.7. The summed E-state index contributed by atoms with van der Waals surface area (Å²) in [5.41, 5.74) is 0. The van der Waals surface area contributed by atoms with Crippen molar-refractivity contribution in [3.05, 3.63) is 24.3 Å². The van der Waals surface area contributed by atoms with Crippen LogP contribution in [0.1, 0.15) is 380 Å². The number of aliphatic hydroxyl groups excluding tert-OH is 2. The Morgan fingerprint density at radius 3 is 0.947 bits per heavy atom. The van der Waals surface area contributed by atoms with Gasteiger partial charge in [-0.2, -0.15) is 0 Å². The van der Waals surface area contributed by atoms with Crippen LogP contribution < -0.4 is 5.32 Å². The van der Waals surface area contributed by atoms with Crippen LogP contribution >= 0.6 is 0 Å². The molecular weight excluding hydrogens is 923 g/mol. The maximum Gasteiger partial charge on any atom is 0.305 e. The second-order valence-corrected chi connectivity index (χ2v) is 23.5. The first kappa shape index (κ1) is 73.3. The zero-order valence-corrected chi connectivity index (χ0v) is 50.8. The lowest BCUT2D eigenvalue weighted by Gasteiger charge is -2.20. The lowest BCUT2D eigenvalue weighted by Crippen LogP contribution is -2.45. The SMILES string of the molecule is CCCCCCCC/C=C\CCCCCCCCCCCC(=O)OCCCCCCCCCCCCCCCCCCCCCCCCC(=O)NC(CO)C(O)/C=C/CCCCCCCCCCCCCCCCC. The maximum atomic E-state index is 12.5. The second kappa shape index (κ2) is 64.9. The van der Waals surface area contributed by atoms with E-state index in [1.54, 1.807) is 6.08 Å². The Balaban J connectivity index is 3.38. The van der Waals surface area contributed by atoms with E-state index in [0.29, 0.717) is 19.4 Å². The minimum absolute atomic E-state index is 0.0130. The van der Waals surface area contributed by atoms with Crippen molar-refractivity contribution in [2.75, 3.05) is 13.2 Å². The van der Waals surface area contributed by atoms with Crippen molar-refractivity contribution in [1.29, 1.82) is 0 Å². The Morgan fingerprint density at radius 2 is 0.627 bits per heavy atom. The summed E-state index contributed by atoms with van der Waals surface area (Å²) in [7, 11) is 0. The van der Waals surface area contributed by atoms with Crippen LogP contribution in [0.2, 0.25) is 0 Å². The number of hydrogen-bond donors (Lipinski definition) is 3. The minimum atomic E-state index is -0.845. The first-order valence-corrected chi connectivity index (χ1v) is 34.1. The predicted molar refractivity (Wildman–Crippen MR) is 329 cm³/mol. The molecule has 2 unspecified atom stereocenters. The predicted octanol–water partition coefficient (Wildman–Crippen LogP) is 21.8. The quantitative estimate of drug-likeness (QED) is 0.0320. The molecule has 0 fully saturated rings. The van der Waals surface area contributed by atoms with Crippen molar-refractivity contribution in [1.82, 2.24) is 5.32 Å². The van der Waals surface area contributed by atoms with Crippen molar-refractivity contribution in [2.24, 2.45) is 0 Å². The zero-order valence-electron chi connectivity index (χ0n) is 50.8. The highest BCUT2D eigenvalue weighted by Crippen LogP contribution is 2.18. The number of rotatable bonds is 64. The van der Waals surface area contributed by atoms with Gasteiger partial charge in [0.2, 0.25) is 5.91 Å². The number of unbranched alkanes of at least 4 members (excludes halogenated alkanes) is 51. The Kier molecular flexibility index (Phi) is 63.4. The van der Waals surface area contributed by atoms with Crippen molar-refractivity contribution in [3.8, 4) is 0 Å². The van der Waals surface area contributed by atoms with Crippen LogP contribution in [0.4, 0.5) is 0 Å². The molecule has 0 saturated heterocycles. The summed E-state index contributed by atoms with van der Waals surface area (Å²) < 4.78 is 5.51. The van der Waals surface area contributed by atoms with E-state index in [-0.39, 0.29) is 18.5 Å². The average molecular weight is 1060 g/mol. The van der Waals surface area contributed by atoms with Gasteiger partial charge in [0, 0.05) is 12.8 Å². The molecular formula is C69H133NO5. The number of carbonyl (C=O) groups excluding carboxylic acids is 2. The summed E-state index contributed by atoms with van der Waals surface area (Å²) in [6.07, 6.45) is 80.9. The standard InChI is InChI=1S/C69H133NO5/c1-3-5-7-9-11-13-15-17-19-21-26-31-35-39-43-47-51-55-59-63-69(74)75-64-60-56-52-48-44-40-36-32-28-25-23-22-24-27-30-34-38-42-46-50-54-58-62-68(73)70-66(65-71)67(72)61-57-53-49-45-41-37-33-29-20-18-16-14-12-10-8-6-4-2/h17,19,57,61,66-67,71-72H,3-16,18,20-56,58-60,62-65H2,1-2H3,(H,70,73)/b19-17-,61-57+. The van der Waals surface area contributed by atoms with Gasteiger partial charge in [-0.15, -0.1) is 0 Å². The number of aliphatic hydroxyl groups is 2. The molecule has 6 heteroatoms. The summed E-state index contributed by atoms with van der Waals surface area (Å²) in [6, 6.07) is -0.628. The van der Waals surface area contributed by atoms with Crippen LogP contribution in [0.5, 0.6) is 0 Å². The molecule has 0 aliphatic rings. The number of allylic oxidation sites excluding steroid dienone is 3. The number of ether oxygens (including phenoxy) is 1. The first-order chi connectivity index (χ1) is 37.0. The van der Waals surface area contributed by atoms with Gasteiger partial charge < -0.3 is 20.3 Å². The fraction of sp³-hybridized carbons (Fsp3) is 0.913. The topological polar surface area (TPSA) is 95.9 Å². The fourth-order valence-electron chi connectivity index (χ4n) is 10.7. The molecule has 6 nitrogen and oxygen atoms in total. The smallest absolute Gasteiger partial charge is 0.305 e. The highest BCUT2D eigenvalue weighted by molar-refractivity contribution is 5.76. The number of hydrogen-bond acceptors (Lipinski definition) is 5. The van der Waals surface area contributed by atoms with Crippen LogP contribution in [0.3, 0.4) is 0 Å². The third-order valence-electron chi connectivity index (χ3n) is 16.0. The highest BCUT2D eigenvalue weighted by Gasteiger charge is 2.18. The maximum absolute atomic E-state index is 12.5. The average Bonchev–Trinajstić information content (AvgIpc) is 3.41. The summed E-state index contributed by atoms with van der Waals surface area (Å²) in [4.78, 5) is 24.6. The van der Waals surface area contributed by atoms with Gasteiger partial charge in [-0.25, -0.2) is 0 Å². The van der Waals surface area contributed by atoms with Gasteiger partial charge >= 0.3 is 5.97 Å². The van der Waals surface area contributed by atoms with Crippen molar-refractivity contribution < 1.29 is 24.5 Å². The highest BCUT2D eigenvalue weighted by atomic mass is 16.5. The van der Waals surface area contributed by atoms with Crippen LogP contribution in [-0.4, -0.2) is 47.4 Å². The summed E-state index contributed by atoms with van der Waals surface area (Å²) >= 11 is 0. The van der Waals surface area contributed by atoms with Crippen LogP contribution in [0.25, 0.3) is 0 Å². The van der Waals surface area contributed by atoms with E-state index < -0.39 is 12.1 Å². The largest absolute Gasteiger partial charge is 0.466 e. The first-order valence-electron chi connectivity index (χ1n) is 34.1. The molecule has 0 aromatic heterocycles. The number of nitrogens with one attached hydrogen (secondary N) is 1. The van der Waals surface area contributed by atoms with E-state index in [0.717, 1.165) is 44.9 Å². The molecule has 0 aliphatic carbocycles. The third-order valence-corrected chi connectivity index (χ3v) is 16.0. The molecule has 0 rings (SSSR count). The minimum Gasteiger partial charge on any atom is -0.466 e. The molecule has 1 amide bonds. The van der Waals surface area contributed by atoms with E-state index in [9.17, 15) is 19.8 Å². The second-order valence-electron chi connectivity index (χ2n) is 23.5.